The van der Waals surface area contributed by atoms with Gasteiger partial charge in [-0.25, -0.2) is 0 Å². The number of hydrogen-bond donors (Lipinski definition) is 2. The van der Waals surface area contributed by atoms with Crippen LogP contribution in [0.4, 0.5) is 5.69 Å². The summed E-state index contributed by atoms with van der Waals surface area (Å²) < 4.78 is 0. The number of rotatable bonds is 2. The number of benzene rings is 2. The molecule has 2 N–H and O–H groups in total. The SMILES string of the molecule is Cc1cccc(NC(=O)c2ccccc2)c1O. The average molecular weight is 227 g/mol. The van der Waals surface area contributed by atoms with E-state index in [2.05, 4.69) is 5.32 Å². The van der Waals surface area contributed by atoms with Gasteiger partial charge in [0, 0.05) is 5.56 Å². The van der Waals surface area contributed by atoms with Crippen LogP contribution < -0.4 is 5.32 Å². The third-order valence-corrected chi connectivity index (χ3v) is 2.52. The van der Waals surface area contributed by atoms with E-state index in [0.717, 1.165) is 5.56 Å². The molecule has 0 saturated heterocycles. The maximum atomic E-state index is 11.9. The Morgan fingerprint density at radius 1 is 1.06 bits per heavy atom. The number of amides is 1. The van der Waals surface area contributed by atoms with Gasteiger partial charge in [0.1, 0.15) is 5.75 Å². The Labute approximate surface area is 99.7 Å². The number of nitrogens with one attached hydrogen (secondary N) is 1. The number of anilines is 1. The van der Waals surface area contributed by atoms with Crippen LogP contribution in [0, 0.1) is 6.92 Å². The molecule has 0 aliphatic carbocycles. The summed E-state index contributed by atoms with van der Waals surface area (Å²) in [6.45, 7) is 1.79. The molecule has 0 fully saturated rings. The van der Waals surface area contributed by atoms with Crippen LogP contribution in [0.15, 0.2) is 48.5 Å². The lowest BCUT2D eigenvalue weighted by Gasteiger charge is -2.08. The van der Waals surface area contributed by atoms with E-state index in [1.165, 1.54) is 0 Å². The molecule has 0 aliphatic heterocycles. The molecule has 86 valence electrons. The van der Waals surface area contributed by atoms with Crippen molar-refractivity contribution in [2.24, 2.45) is 0 Å². The first-order valence-corrected chi connectivity index (χ1v) is 5.33. The van der Waals surface area contributed by atoms with Gasteiger partial charge in [-0.15, -0.1) is 0 Å². The van der Waals surface area contributed by atoms with Gasteiger partial charge >= 0.3 is 0 Å². The molecule has 3 heteroatoms. The number of phenols is 1. The van der Waals surface area contributed by atoms with Crippen LogP contribution in [0.2, 0.25) is 0 Å². The van der Waals surface area contributed by atoms with Crippen LogP contribution in [-0.2, 0) is 0 Å². The maximum absolute atomic E-state index is 11.9. The fourth-order valence-electron chi connectivity index (χ4n) is 1.54. The van der Waals surface area contributed by atoms with Crippen LogP contribution in [0.5, 0.6) is 5.75 Å². The highest BCUT2D eigenvalue weighted by Gasteiger charge is 2.09. The lowest BCUT2D eigenvalue weighted by Crippen LogP contribution is -2.11. The summed E-state index contributed by atoms with van der Waals surface area (Å²) >= 11 is 0. The average Bonchev–Trinajstić information content (AvgIpc) is 2.36. The van der Waals surface area contributed by atoms with Crippen molar-refractivity contribution in [3.8, 4) is 5.75 Å². The first kappa shape index (κ1) is 11.2. The van der Waals surface area contributed by atoms with Crippen molar-refractivity contribution in [3.05, 3.63) is 59.7 Å². The zero-order valence-corrected chi connectivity index (χ0v) is 9.47. The third kappa shape index (κ3) is 2.45. The lowest BCUT2D eigenvalue weighted by atomic mass is 10.1. The highest BCUT2D eigenvalue weighted by Crippen LogP contribution is 2.26. The number of para-hydroxylation sites is 1. The van der Waals surface area contributed by atoms with E-state index in [-0.39, 0.29) is 11.7 Å². The Bertz CT molecular complexity index is 535. The van der Waals surface area contributed by atoms with E-state index in [1.54, 1.807) is 49.4 Å². The summed E-state index contributed by atoms with van der Waals surface area (Å²) in [6.07, 6.45) is 0. The predicted molar refractivity (Wildman–Crippen MR) is 67.2 cm³/mol. The van der Waals surface area contributed by atoms with Crippen molar-refractivity contribution >= 4 is 11.6 Å². The zero-order valence-electron chi connectivity index (χ0n) is 9.47. The maximum Gasteiger partial charge on any atom is 0.255 e. The summed E-state index contributed by atoms with van der Waals surface area (Å²) in [6, 6.07) is 14.1. The Morgan fingerprint density at radius 3 is 2.47 bits per heavy atom. The number of aryl methyl sites for hydroxylation is 1. The van der Waals surface area contributed by atoms with E-state index in [4.69, 9.17) is 0 Å². The number of hydrogen-bond acceptors (Lipinski definition) is 2. The molecule has 0 radical (unpaired) electrons. The molecule has 3 nitrogen and oxygen atoms in total. The molecule has 0 bridgehead atoms. The van der Waals surface area contributed by atoms with Crippen molar-refractivity contribution in [1.29, 1.82) is 0 Å². The van der Waals surface area contributed by atoms with Crippen LogP contribution in [0.3, 0.4) is 0 Å². The van der Waals surface area contributed by atoms with Crippen molar-refractivity contribution in [2.45, 2.75) is 6.92 Å². The minimum absolute atomic E-state index is 0.108. The molecule has 2 aromatic carbocycles. The summed E-state index contributed by atoms with van der Waals surface area (Å²) in [7, 11) is 0. The number of phenolic OH excluding ortho intramolecular Hbond substituents is 1. The predicted octanol–water partition coefficient (Wildman–Crippen LogP) is 2.95. The zero-order chi connectivity index (χ0) is 12.3. The molecule has 0 heterocycles. The Hall–Kier alpha value is -2.29. The lowest BCUT2D eigenvalue weighted by molar-refractivity contribution is 0.102. The second-order valence-electron chi connectivity index (χ2n) is 3.79. The normalized spacial score (nSPS) is 9.94. The van der Waals surface area contributed by atoms with Crippen LogP contribution >= 0.6 is 0 Å². The van der Waals surface area contributed by atoms with Gasteiger partial charge in [-0.3, -0.25) is 4.79 Å². The van der Waals surface area contributed by atoms with Gasteiger partial charge in [-0.2, -0.15) is 0 Å². The summed E-state index contributed by atoms with van der Waals surface area (Å²) in [4.78, 5) is 11.9. The van der Waals surface area contributed by atoms with Gasteiger partial charge in [0.2, 0.25) is 0 Å². The second kappa shape index (κ2) is 4.70. The van der Waals surface area contributed by atoms with Gasteiger partial charge in [0.15, 0.2) is 0 Å². The first-order valence-electron chi connectivity index (χ1n) is 5.33. The highest BCUT2D eigenvalue weighted by atomic mass is 16.3. The summed E-state index contributed by atoms with van der Waals surface area (Å²) in [5, 5.41) is 12.5. The molecule has 17 heavy (non-hydrogen) atoms. The Balaban J connectivity index is 2.22. The fourth-order valence-corrected chi connectivity index (χ4v) is 1.54. The molecular formula is C14H13NO2. The molecular weight excluding hydrogens is 214 g/mol. The minimum Gasteiger partial charge on any atom is -0.505 e. The van der Waals surface area contributed by atoms with E-state index in [9.17, 15) is 9.90 Å². The van der Waals surface area contributed by atoms with Crippen LogP contribution in [0.1, 0.15) is 15.9 Å². The molecule has 2 aromatic rings. The number of carbonyl (C=O) groups excluding carboxylic acids is 1. The van der Waals surface area contributed by atoms with E-state index < -0.39 is 0 Å². The van der Waals surface area contributed by atoms with Crippen molar-refractivity contribution < 1.29 is 9.90 Å². The summed E-state index contributed by atoms with van der Waals surface area (Å²) in [5.74, 6) is -0.122. The molecule has 2 rings (SSSR count). The largest absolute Gasteiger partial charge is 0.505 e. The second-order valence-corrected chi connectivity index (χ2v) is 3.79. The van der Waals surface area contributed by atoms with Gasteiger partial charge in [0.05, 0.1) is 5.69 Å². The Kier molecular flexibility index (Phi) is 3.10. The van der Waals surface area contributed by atoms with Crippen molar-refractivity contribution in [3.63, 3.8) is 0 Å². The smallest absolute Gasteiger partial charge is 0.255 e. The molecule has 1 amide bonds. The van der Waals surface area contributed by atoms with Gasteiger partial charge < -0.3 is 10.4 Å². The minimum atomic E-state index is -0.230. The van der Waals surface area contributed by atoms with Gasteiger partial charge in [-0.05, 0) is 30.7 Å². The molecule has 0 saturated carbocycles. The standard InChI is InChI=1S/C14H13NO2/c1-10-6-5-9-12(13(10)16)15-14(17)11-7-3-2-4-8-11/h2-9,16H,1H3,(H,15,17). The fraction of sp³-hybridized carbons (Fsp3) is 0.0714. The monoisotopic (exact) mass is 227 g/mol. The quantitative estimate of drug-likeness (QED) is 0.775. The molecule has 0 aromatic heterocycles. The van der Waals surface area contributed by atoms with E-state index >= 15 is 0 Å². The Morgan fingerprint density at radius 2 is 1.76 bits per heavy atom. The first-order chi connectivity index (χ1) is 8.18. The van der Waals surface area contributed by atoms with E-state index in [0.29, 0.717) is 11.3 Å². The number of aromatic hydroxyl groups is 1. The number of carbonyl (C=O) groups is 1. The van der Waals surface area contributed by atoms with Crippen molar-refractivity contribution in [2.75, 3.05) is 5.32 Å². The topological polar surface area (TPSA) is 49.3 Å². The third-order valence-electron chi connectivity index (χ3n) is 2.52. The van der Waals surface area contributed by atoms with Crippen molar-refractivity contribution in [1.82, 2.24) is 0 Å². The van der Waals surface area contributed by atoms with Crippen LogP contribution in [-0.4, -0.2) is 11.0 Å². The molecule has 0 atom stereocenters. The highest BCUT2D eigenvalue weighted by molar-refractivity contribution is 6.05. The molecule has 0 aliphatic rings. The molecule has 0 unspecified atom stereocenters. The van der Waals surface area contributed by atoms with Gasteiger partial charge in [-0.1, -0.05) is 30.3 Å². The van der Waals surface area contributed by atoms with Crippen LogP contribution in [0.25, 0.3) is 0 Å². The molecule has 0 spiro atoms. The summed E-state index contributed by atoms with van der Waals surface area (Å²) in [5.41, 5.74) is 1.73. The van der Waals surface area contributed by atoms with Gasteiger partial charge in [0.25, 0.3) is 5.91 Å². The van der Waals surface area contributed by atoms with E-state index in [1.807, 2.05) is 6.07 Å².